The van der Waals surface area contributed by atoms with Crippen LogP contribution in [0.15, 0.2) is 42.5 Å². The van der Waals surface area contributed by atoms with E-state index in [2.05, 4.69) is 0 Å². The average Bonchev–Trinajstić information content (AvgIpc) is 2.66. The van der Waals surface area contributed by atoms with Crippen LogP contribution in [0.4, 0.5) is 0 Å². The summed E-state index contributed by atoms with van der Waals surface area (Å²) in [5.74, 6) is 1.44. The molecule has 0 aliphatic carbocycles. The minimum Gasteiger partial charge on any atom is -0.504 e. The summed E-state index contributed by atoms with van der Waals surface area (Å²) in [5.41, 5.74) is 1.46. The zero-order chi connectivity index (χ0) is 20.3. The van der Waals surface area contributed by atoms with E-state index in [0.29, 0.717) is 29.4 Å². The Morgan fingerprint density at radius 1 is 1.21 bits per heavy atom. The molecule has 2 aromatic rings. The van der Waals surface area contributed by atoms with Crippen molar-refractivity contribution < 1.29 is 24.1 Å². The third kappa shape index (κ3) is 4.03. The highest BCUT2D eigenvalue weighted by molar-refractivity contribution is 6.09. The van der Waals surface area contributed by atoms with Crippen LogP contribution in [0.2, 0.25) is 0 Å². The fourth-order valence-electron chi connectivity index (χ4n) is 2.97. The Bertz CT molecular complexity index is 954. The first kappa shape index (κ1) is 19.5. The zero-order valence-electron chi connectivity index (χ0n) is 16.5. The summed E-state index contributed by atoms with van der Waals surface area (Å²) in [7, 11) is 1.59. The molecule has 1 aliphatic heterocycles. The van der Waals surface area contributed by atoms with E-state index >= 15 is 0 Å². The van der Waals surface area contributed by atoms with Gasteiger partial charge in [-0.15, -0.1) is 0 Å². The molecule has 0 fully saturated rings. The topological polar surface area (TPSA) is 65.0 Å². The summed E-state index contributed by atoms with van der Waals surface area (Å²) in [6.07, 6.45) is 7.03. The first-order valence-electron chi connectivity index (χ1n) is 9.12. The highest BCUT2D eigenvalue weighted by Crippen LogP contribution is 2.40. The summed E-state index contributed by atoms with van der Waals surface area (Å²) in [6.45, 7) is 6.15. The minimum atomic E-state index is -0.512. The SMILES string of the molecule is CCOc1cc(/C=C/C(=O)c2ccc(OC)c3c2OC(C)(C)C=C3)ccc1O. The number of hydrogen-bond donors (Lipinski definition) is 1. The van der Waals surface area contributed by atoms with E-state index in [0.717, 1.165) is 11.1 Å². The Balaban J connectivity index is 1.93. The molecule has 0 radical (unpaired) electrons. The third-order valence-corrected chi connectivity index (χ3v) is 4.37. The van der Waals surface area contributed by atoms with Crippen molar-refractivity contribution in [3.63, 3.8) is 0 Å². The normalized spacial score (nSPS) is 14.4. The molecule has 0 bridgehead atoms. The van der Waals surface area contributed by atoms with Crippen LogP contribution in [0.3, 0.4) is 0 Å². The second kappa shape index (κ2) is 7.80. The Labute approximate surface area is 164 Å². The van der Waals surface area contributed by atoms with Gasteiger partial charge in [-0.05, 0) is 68.8 Å². The standard InChI is InChI=1S/C23H24O5/c1-5-27-21-14-15(7-10-19(21)25)6-9-18(24)16-8-11-20(26-4)17-12-13-23(2,3)28-22(16)17/h6-14,25H,5H2,1-4H3/b9-6+. The van der Waals surface area contributed by atoms with Gasteiger partial charge in [0.25, 0.3) is 0 Å². The lowest BCUT2D eigenvalue weighted by Crippen LogP contribution is -2.28. The van der Waals surface area contributed by atoms with Crippen LogP contribution in [-0.2, 0) is 0 Å². The molecule has 1 N–H and O–H groups in total. The largest absolute Gasteiger partial charge is 0.504 e. The predicted molar refractivity (Wildman–Crippen MR) is 109 cm³/mol. The molecular formula is C23H24O5. The first-order chi connectivity index (χ1) is 13.3. The molecule has 5 nitrogen and oxygen atoms in total. The quantitative estimate of drug-likeness (QED) is 0.572. The summed E-state index contributed by atoms with van der Waals surface area (Å²) < 4.78 is 16.8. The number of allylic oxidation sites excluding steroid dienone is 1. The van der Waals surface area contributed by atoms with Gasteiger partial charge in [0.05, 0.1) is 24.8 Å². The maximum atomic E-state index is 12.9. The van der Waals surface area contributed by atoms with Crippen molar-refractivity contribution in [1.29, 1.82) is 0 Å². The highest BCUT2D eigenvalue weighted by atomic mass is 16.5. The average molecular weight is 380 g/mol. The lowest BCUT2D eigenvalue weighted by Gasteiger charge is -2.29. The molecule has 5 heteroatoms. The van der Waals surface area contributed by atoms with E-state index in [9.17, 15) is 9.90 Å². The number of phenolic OH excluding ortho intramolecular Hbond substituents is 1. The van der Waals surface area contributed by atoms with Gasteiger partial charge in [0.15, 0.2) is 17.3 Å². The highest BCUT2D eigenvalue weighted by Gasteiger charge is 2.27. The molecule has 2 aromatic carbocycles. The number of phenols is 1. The van der Waals surface area contributed by atoms with Gasteiger partial charge in [0.1, 0.15) is 17.1 Å². The molecule has 28 heavy (non-hydrogen) atoms. The van der Waals surface area contributed by atoms with E-state index < -0.39 is 5.60 Å². The fourth-order valence-corrected chi connectivity index (χ4v) is 2.97. The van der Waals surface area contributed by atoms with Gasteiger partial charge in [-0.3, -0.25) is 4.79 Å². The number of fused-ring (bicyclic) bond motifs is 1. The van der Waals surface area contributed by atoms with Gasteiger partial charge in [-0.2, -0.15) is 0 Å². The van der Waals surface area contributed by atoms with E-state index in [1.807, 2.05) is 32.9 Å². The van der Waals surface area contributed by atoms with Crippen molar-refractivity contribution >= 4 is 17.9 Å². The number of hydrogen-bond acceptors (Lipinski definition) is 5. The molecule has 0 saturated carbocycles. The van der Waals surface area contributed by atoms with Crippen LogP contribution >= 0.6 is 0 Å². The number of carbonyl (C=O) groups excluding carboxylic acids is 1. The number of aromatic hydroxyl groups is 1. The lowest BCUT2D eigenvalue weighted by molar-refractivity contribution is 0.103. The van der Waals surface area contributed by atoms with Gasteiger partial charge < -0.3 is 19.3 Å². The molecule has 0 amide bonds. The molecule has 0 spiro atoms. The van der Waals surface area contributed by atoms with Crippen molar-refractivity contribution in [2.24, 2.45) is 0 Å². The maximum absolute atomic E-state index is 12.9. The first-order valence-corrected chi connectivity index (χ1v) is 9.12. The Morgan fingerprint density at radius 2 is 2.00 bits per heavy atom. The monoisotopic (exact) mass is 380 g/mol. The molecule has 0 aromatic heterocycles. The van der Waals surface area contributed by atoms with Gasteiger partial charge in [0, 0.05) is 0 Å². The van der Waals surface area contributed by atoms with Gasteiger partial charge in [-0.25, -0.2) is 0 Å². The number of rotatable bonds is 6. The van der Waals surface area contributed by atoms with Crippen molar-refractivity contribution in [2.45, 2.75) is 26.4 Å². The molecule has 0 saturated heterocycles. The molecule has 1 heterocycles. The summed E-state index contributed by atoms with van der Waals surface area (Å²) in [4.78, 5) is 12.9. The lowest BCUT2D eigenvalue weighted by atomic mass is 9.97. The van der Waals surface area contributed by atoms with Gasteiger partial charge in [-0.1, -0.05) is 12.1 Å². The van der Waals surface area contributed by atoms with Crippen LogP contribution in [0.1, 0.15) is 42.3 Å². The molecule has 146 valence electrons. The molecule has 0 atom stereocenters. The second-order valence-corrected chi connectivity index (χ2v) is 6.95. The van der Waals surface area contributed by atoms with E-state index in [4.69, 9.17) is 14.2 Å². The molecular weight excluding hydrogens is 356 g/mol. The van der Waals surface area contributed by atoms with E-state index in [1.165, 1.54) is 6.08 Å². The third-order valence-electron chi connectivity index (χ3n) is 4.37. The fraction of sp³-hybridized carbons (Fsp3) is 0.261. The zero-order valence-corrected chi connectivity index (χ0v) is 16.5. The predicted octanol–water partition coefficient (Wildman–Crippen LogP) is 4.88. The maximum Gasteiger partial charge on any atom is 0.189 e. The summed E-state index contributed by atoms with van der Waals surface area (Å²) in [6, 6.07) is 8.42. The molecule has 3 rings (SSSR count). The number of methoxy groups -OCH3 is 1. The van der Waals surface area contributed by atoms with Crippen molar-refractivity contribution in [2.75, 3.05) is 13.7 Å². The van der Waals surface area contributed by atoms with Gasteiger partial charge in [0.2, 0.25) is 0 Å². The summed E-state index contributed by atoms with van der Waals surface area (Å²) in [5, 5.41) is 9.80. The van der Waals surface area contributed by atoms with Crippen LogP contribution in [-0.4, -0.2) is 30.2 Å². The van der Waals surface area contributed by atoms with Gasteiger partial charge >= 0.3 is 0 Å². The van der Waals surface area contributed by atoms with Crippen LogP contribution in [0.5, 0.6) is 23.0 Å². The number of carbonyl (C=O) groups is 1. The van der Waals surface area contributed by atoms with Crippen LogP contribution in [0, 0.1) is 0 Å². The smallest absolute Gasteiger partial charge is 0.189 e. The van der Waals surface area contributed by atoms with E-state index in [-0.39, 0.29) is 11.5 Å². The van der Waals surface area contributed by atoms with E-state index in [1.54, 1.807) is 43.5 Å². The van der Waals surface area contributed by atoms with Crippen molar-refractivity contribution in [1.82, 2.24) is 0 Å². The minimum absolute atomic E-state index is 0.0666. The molecule has 0 unspecified atom stereocenters. The molecule has 1 aliphatic rings. The Hall–Kier alpha value is -3.21. The van der Waals surface area contributed by atoms with Crippen LogP contribution < -0.4 is 14.2 Å². The van der Waals surface area contributed by atoms with Crippen molar-refractivity contribution in [3.05, 3.63) is 59.2 Å². The number of ketones is 1. The summed E-state index contributed by atoms with van der Waals surface area (Å²) >= 11 is 0. The Kier molecular flexibility index (Phi) is 5.45. The Morgan fingerprint density at radius 3 is 2.71 bits per heavy atom. The number of benzene rings is 2. The second-order valence-electron chi connectivity index (χ2n) is 6.95. The van der Waals surface area contributed by atoms with Crippen molar-refractivity contribution in [3.8, 4) is 23.0 Å². The van der Waals surface area contributed by atoms with Crippen LogP contribution in [0.25, 0.3) is 12.2 Å². The number of ether oxygens (including phenoxy) is 3.